The van der Waals surface area contributed by atoms with Gasteiger partial charge in [0.15, 0.2) is 6.10 Å². The monoisotopic (exact) mass is 272 g/mol. The lowest BCUT2D eigenvalue weighted by molar-refractivity contribution is -0.126. The van der Waals surface area contributed by atoms with E-state index in [9.17, 15) is 4.79 Å². The molecule has 4 nitrogen and oxygen atoms in total. The third-order valence-electron chi connectivity index (χ3n) is 3.53. The number of benzene rings is 1. The largest absolute Gasteiger partial charge is 0.478 e. The van der Waals surface area contributed by atoms with Gasteiger partial charge in [0.2, 0.25) is 0 Å². The number of carbonyl (C=O) groups is 1. The Bertz CT molecular complexity index is 567. The summed E-state index contributed by atoms with van der Waals surface area (Å²) in [4.78, 5) is 13.9. The smallest absolute Gasteiger partial charge is 0.269 e. The average molecular weight is 272 g/mol. The quantitative estimate of drug-likeness (QED) is 0.778. The van der Waals surface area contributed by atoms with Crippen LogP contribution in [0, 0.1) is 11.3 Å². The molecule has 0 aromatic heterocycles. The molecule has 0 bridgehead atoms. The van der Waals surface area contributed by atoms with E-state index in [-0.39, 0.29) is 17.9 Å². The van der Waals surface area contributed by atoms with Crippen molar-refractivity contribution in [2.24, 2.45) is 0 Å². The topological polar surface area (TPSA) is 53.3 Å². The number of carbonyl (C=O) groups excluding carboxylic acids is 1. The first-order valence-electron chi connectivity index (χ1n) is 6.88. The average Bonchev–Trinajstić information content (AvgIpc) is 2.40. The molecular weight excluding hydrogens is 252 g/mol. The maximum absolute atomic E-state index is 12.3. The second-order valence-electron chi connectivity index (χ2n) is 6.03. The third-order valence-corrected chi connectivity index (χ3v) is 3.53. The molecule has 1 unspecified atom stereocenters. The van der Waals surface area contributed by atoms with Crippen LogP contribution in [0.4, 0.5) is 5.69 Å². The minimum Gasteiger partial charge on any atom is -0.478 e. The SMILES string of the molecule is CCC1Oc2ccc(C(C)(C)C)cc2N(CC#N)C1=O. The molecule has 0 N–H and O–H groups in total. The van der Waals surface area contributed by atoms with E-state index in [1.165, 1.54) is 4.90 Å². The predicted molar refractivity (Wildman–Crippen MR) is 77.8 cm³/mol. The van der Waals surface area contributed by atoms with Gasteiger partial charge in [0, 0.05) is 0 Å². The van der Waals surface area contributed by atoms with E-state index in [2.05, 4.69) is 26.8 Å². The molecule has 1 heterocycles. The van der Waals surface area contributed by atoms with Gasteiger partial charge in [-0.2, -0.15) is 5.26 Å². The molecule has 4 heteroatoms. The highest BCUT2D eigenvalue weighted by molar-refractivity contribution is 6.00. The maximum atomic E-state index is 12.3. The standard InChI is InChI=1S/C16H20N2O2/c1-5-13-15(19)18(9-8-17)12-10-11(16(2,3)4)6-7-14(12)20-13/h6-7,10,13H,5,9H2,1-4H3. The van der Waals surface area contributed by atoms with Crippen molar-refractivity contribution in [2.75, 3.05) is 11.4 Å². The number of nitriles is 1. The molecule has 1 amide bonds. The van der Waals surface area contributed by atoms with Gasteiger partial charge >= 0.3 is 0 Å². The fourth-order valence-corrected chi connectivity index (χ4v) is 2.28. The van der Waals surface area contributed by atoms with Gasteiger partial charge in [-0.3, -0.25) is 9.69 Å². The minimum atomic E-state index is -0.490. The van der Waals surface area contributed by atoms with Crippen molar-refractivity contribution in [3.05, 3.63) is 23.8 Å². The fraction of sp³-hybridized carbons (Fsp3) is 0.500. The van der Waals surface area contributed by atoms with E-state index in [1.807, 2.05) is 25.1 Å². The zero-order chi connectivity index (χ0) is 14.9. The molecule has 106 valence electrons. The van der Waals surface area contributed by atoms with E-state index in [1.54, 1.807) is 0 Å². The zero-order valence-corrected chi connectivity index (χ0v) is 12.4. The Hall–Kier alpha value is -2.02. The molecule has 0 aliphatic carbocycles. The van der Waals surface area contributed by atoms with E-state index in [4.69, 9.17) is 10.00 Å². The van der Waals surface area contributed by atoms with Crippen LogP contribution in [-0.4, -0.2) is 18.6 Å². The second kappa shape index (κ2) is 5.16. The lowest BCUT2D eigenvalue weighted by Crippen LogP contribution is -2.45. The van der Waals surface area contributed by atoms with Crippen LogP contribution in [0.15, 0.2) is 18.2 Å². The molecule has 0 saturated heterocycles. The minimum absolute atomic E-state index is 0.0159. The normalized spacial score (nSPS) is 18.2. The molecule has 0 fully saturated rings. The molecule has 1 aliphatic rings. The molecule has 1 aliphatic heterocycles. The maximum Gasteiger partial charge on any atom is 0.269 e. The summed E-state index contributed by atoms with van der Waals surface area (Å²) in [7, 11) is 0. The first kappa shape index (κ1) is 14.4. The van der Waals surface area contributed by atoms with Gasteiger partial charge in [0.05, 0.1) is 11.8 Å². The molecular formula is C16H20N2O2. The zero-order valence-electron chi connectivity index (χ0n) is 12.4. The lowest BCUT2D eigenvalue weighted by atomic mass is 9.86. The van der Waals surface area contributed by atoms with Crippen molar-refractivity contribution in [1.29, 1.82) is 5.26 Å². The molecule has 1 atom stereocenters. The summed E-state index contributed by atoms with van der Waals surface area (Å²) in [5, 5.41) is 8.97. The van der Waals surface area contributed by atoms with Gasteiger partial charge in [-0.15, -0.1) is 0 Å². The summed E-state index contributed by atoms with van der Waals surface area (Å²) in [6.45, 7) is 8.30. The molecule has 0 saturated carbocycles. The number of ether oxygens (including phenoxy) is 1. The van der Waals surface area contributed by atoms with E-state index in [0.717, 1.165) is 5.56 Å². The fourth-order valence-electron chi connectivity index (χ4n) is 2.28. The van der Waals surface area contributed by atoms with E-state index >= 15 is 0 Å². The van der Waals surface area contributed by atoms with Crippen LogP contribution in [0.1, 0.15) is 39.7 Å². The summed E-state index contributed by atoms with van der Waals surface area (Å²) in [5.41, 5.74) is 1.80. The molecule has 1 aromatic carbocycles. The summed E-state index contributed by atoms with van der Waals surface area (Å²) >= 11 is 0. The predicted octanol–water partition coefficient (Wildman–Crippen LogP) is 3.01. The van der Waals surface area contributed by atoms with Crippen LogP contribution in [0.25, 0.3) is 0 Å². The molecule has 20 heavy (non-hydrogen) atoms. The highest BCUT2D eigenvalue weighted by atomic mass is 16.5. The number of anilines is 1. The van der Waals surface area contributed by atoms with Gasteiger partial charge in [-0.1, -0.05) is 33.8 Å². The van der Waals surface area contributed by atoms with Gasteiger partial charge in [-0.25, -0.2) is 0 Å². The van der Waals surface area contributed by atoms with E-state index < -0.39 is 6.10 Å². The van der Waals surface area contributed by atoms with Crippen LogP contribution >= 0.6 is 0 Å². The molecule has 0 radical (unpaired) electrons. The Kier molecular flexibility index (Phi) is 3.71. The first-order chi connectivity index (χ1) is 9.38. The van der Waals surface area contributed by atoms with Crippen LogP contribution in [0.3, 0.4) is 0 Å². The third kappa shape index (κ3) is 2.49. The van der Waals surface area contributed by atoms with Gasteiger partial charge in [0.1, 0.15) is 12.3 Å². The summed E-state index contributed by atoms with van der Waals surface area (Å²) in [6, 6.07) is 7.93. The van der Waals surface area contributed by atoms with Crippen molar-refractivity contribution in [1.82, 2.24) is 0 Å². The van der Waals surface area contributed by atoms with Crippen LogP contribution < -0.4 is 9.64 Å². The van der Waals surface area contributed by atoms with Gasteiger partial charge in [-0.05, 0) is 29.5 Å². The lowest BCUT2D eigenvalue weighted by Gasteiger charge is -2.34. The number of amides is 1. The summed E-state index contributed by atoms with van der Waals surface area (Å²) in [5.74, 6) is 0.548. The Morgan fingerprint density at radius 3 is 2.65 bits per heavy atom. The van der Waals surface area contributed by atoms with Crippen molar-refractivity contribution in [3.8, 4) is 11.8 Å². The van der Waals surface area contributed by atoms with E-state index in [0.29, 0.717) is 17.9 Å². The van der Waals surface area contributed by atoms with Gasteiger partial charge in [0.25, 0.3) is 5.91 Å². The van der Waals surface area contributed by atoms with Crippen LogP contribution in [0.2, 0.25) is 0 Å². The van der Waals surface area contributed by atoms with Crippen molar-refractivity contribution in [3.63, 3.8) is 0 Å². The second-order valence-corrected chi connectivity index (χ2v) is 6.03. The van der Waals surface area contributed by atoms with Crippen molar-refractivity contribution in [2.45, 2.75) is 45.6 Å². The summed E-state index contributed by atoms with van der Waals surface area (Å²) in [6.07, 6.45) is 0.109. The highest BCUT2D eigenvalue weighted by Gasteiger charge is 2.33. The Morgan fingerprint density at radius 2 is 2.10 bits per heavy atom. The summed E-state index contributed by atoms with van der Waals surface area (Å²) < 4.78 is 5.74. The molecule has 1 aromatic rings. The van der Waals surface area contributed by atoms with Crippen molar-refractivity contribution < 1.29 is 9.53 Å². The Labute approximate surface area is 120 Å². The number of nitrogens with zero attached hydrogens (tertiary/aromatic N) is 2. The van der Waals surface area contributed by atoms with Gasteiger partial charge < -0.3 is 4.74 Å². The molecule has 0 spiro atoms. The first-order valence-corrected chi connectivity index (χ1v) is 6.88. The Balaban J connectivity index is 2.51. The van der Waals surface area contributed by atoms with Crippen LogP contribution in [-0.2, 0) is 10.2 Å². The Morgan fingerprint density at radius 1 is 1.40 bits per heavy atom. The number of rotatable bonds is 2. The number of fused-ring (bicyclic) bond motifs is 1. The van der Waals surface area contributed by atoms with Crippen LogP contribution in [0.5, 0.6) is 5.75 Å². The van der Waals surface area contributed by atoms with Crippen molar-refractivity contribution >= 4 is 11.6 Å². The number of hydrogen-bond acceptors (Lipinski definition) is 3. The molecule has 2 rings (SSSR count). The number of hydrogen-bond donors (Lipinski definition) is 0. The highest BCUT2D eigenvalue weighted by Crippen LogP contribution is 2.38.